The number of rotatable bonds is 6. The van der Waals surface area contributed by atoms with E-state index in [1.54, 1.807) is 7.11 Å². The maximum absolute atomic E-state index is 5.47. The van der Waals surface area contributed by atoms with Gasteiger partial charge in [-0.3, -0.25) is 0 Å². The molecule has 0 amide bonds. The predicted octanol–water partition coefficient (Wildman–Crippen LogP) is 3.53. The first-order valence-electron chi connectivity index (χ1n) is 8.18. The van der Waals surface area contributed by atoms with Crippen molar-refractivity contribution < 1.29 is 9.26 Å². The van der Waals surface area contributed by atoms with Crippen LogP contribution in [0.1, 0.15) is 37.0 Å². The Kier molecular flexibility index (Phi) is 4.81. The van der Waals surface area contributed by atoms with Crippen molar-refractivity contribution in [3.63, 3.8) is 0 Å². The number of hydrogen-bond donors (Lipinski definition) is 1. The smallest absolute Gasteiger partial charge is 0.233 e. The zero-order valence-electron chi connectivity index (χ0n) is 14.5. The summed E-state index contributed by atoms with van der Waals surface area (Å²) in [4.78, 5) is 4.54. The Bertz CT molecular complexity index is 828. The monoisotopic (exact) mass is 325 g/mol. The van der Waals surface area contributed by atoms with Crippen LogP contribution in [0.25, 0.3) is 10.8 Å². The number of fused-ring (bicyclic) bond motifs is 1. The predicted molar refractivity (Wildman–Crippen MR) is 94.5 cm³/mol. The van der Waals surface area contributed by atoms with Crippen molar-refractivity contribution in [1.29, 1.82) is 0 Å². The summed E-state index contributed by atoms with van der Waals surface area (Å²) >= 11 is 0. The van der Waals surface area contributed by atoms with Gasteiger partial charge in [0.25, 0.3) is 0 Å². The normalized spacial score (nSPS) is 13.8. The lowest BCUT2D eigenvalue weighted by Crippen LogP contribution is -2.24. The SMILES string of the molecule is CNC(C)Cc1noc(C(C)c2ccc3cc(OC)ccc3c2)n1. The zero-order valence-corrected chi connectivity index (χ0v) is 14.5. The third-order valence-electron chi connectivity index (χ3n) is 4.41. The van der Waals surface area contributed by atoms with Gasteiger partial charge >= 0.3 is 0 Å². The van der Waals surface area contributed by atoms with Crippen molar-refractivity contribution in [3.05, 3.63) is 53.7 Å². The first kappa shape index (κ1) is 16.5. The van der Waals surface area contributed by atoms with Gasteiger partial charge in [-0.25, -0.2) is 0 Å². The highest BCUT2D eigenvalue weighted by Crippen LogP contribution is 2.28. The average molecular weight is 325 g/mol. The molecule has 0 aliphatic heterocycles. The summed E-state index contributed by atoms with van der Waals surface area (Å²) in [6, 6.07) is 12.8. The lowest BCUT2D eigenvalue weighted by Gasteiger charge is -2.09. The third kappa shape index (κ3) is 3.41. The number of aromatic nitrogens is 2. The van der Waals surface area contributed by atoms with Crippen molar-refractivity contribution in [2.45, 2.75) is 32.2 Å². The van der Waals surface area contributed by atoms with Gasteiger partial charge in [-0.1, -0.05) is 29.4 Å². The Morgan fingerprint density at radius 3 is 2.62 bits per heavy atom. The molecule has 0 fully saturated rings. The van der Waals surface area contributed by atoms with Gasteiger partial charge in [0.1, 0.15) is 5.75 Å². The number of benzene rings is 2. The lowest BCUT2D eigenvalue weighted by atomic mass is 9.97. The second-order valence-corrected chi connectivity index (χ2v) is 6.14. The van der Waals surface area contributed by atoms with Crippen LogP contribution in [0.15, 0.2) is 40.9 Å². The van der Waals surface area contributed by atoms with E-state index in [4.69, 9.17) is 9.26 Å². The molecular formula is C19H23N3O2. The van der Waals surface area contributed by atoms with E-state index in [1.165, 1.54) is 5.39 Å². The number of methoxy groups -OCH3 is 1. The Morgan fingerprint density at radius 2 is 1.88 bits per heavy atom. The van der Waals surface area contributed by atoms with Crippen LogP contribution in [0.4, 0.5) is 0 Å². The van der Waals surface area contributed by atoms with Gasteiger partial charge in [0.15, 0.2) is 5.82 Å². The number of likely N-dealkylation sites (N-methyl/N-ethyl adjacent to an activating group) is 1. The molecule has 24 heavy (non-hydrogen) atoms. The van der Waals surface area contributed by atoms with E-state index in [0.29, 0.717) is 11.9 Å². The molecule has 0 spiro atoms. The Morgan fingerprint density at radius 1 is 1.12 bits per heavy atom. The summed E-state index contributed by atoms with van der Waals surface area (Å²) in [7, 11) is 3.61. The fraction of sp³-hybridized carbons (Fsp3) is 0.368. The van der Waals surface area contributed by atoms with E-state index in [1.807, 2.05) is 19.2 Å². The van der Waals surface area contributed by atoms with E-state index in [9.17, 15) is 0 Å². The molecule has 2 atom stereocenters. The van der Waals surface area contributed by atoms with Crippen molar-refractivity contribution in [2.24, 2.45) is 0 Å². The van der Waals surface area contributed by atoms with Crippen molar-refractivity contribution in [3.8, 4) is 5.75 Å². The fourth-order valence-electron chi connectivity index (χ4n) is 2.68. The van der Waals surface area contributed by atoms with Gasteiger partial charge in [-0.2, -0.15) is 4.98 Å². The van der Waals surface area contributed by atoms with Crippen LogP contribution in [0.5, 0.6) is 5.75 Å². The first-order chi connectivity index (χ1) is 11.6. The molecule has 126 valence electrons. The molecule has 1 N–H and O–H groups in total. The second kappa shape index (κ2) is 7.01. The summed E-state index contributed by atoms with van der Waals surface area (Å²) < 4.78 is 10.7. The van der Waals surface area contributed by atoms with E-state index in [2.05, 4.69) is 53.6 Å². The van der Waals surface area contributed by atoms with Gasteiger partial charge in [0.2, 0.25) is 5.89 Å². The third-order valence-corrected chi connectivity index (χ3v) is 4.41. The minimum absolute atomic E-state index is 0.0580. The minimum atomic E-state index is 0.0580. The molecule has 0 saturated carbocycles. The average Bonchev–Trinajstić information content (AvgIpc) is 3.08. The topological polar surface area (TPSA) is 60.2 Å². The molecule has 0 aliphatic rings. The van der Waals surface area contributed by atoms with Crippen LogP contribution in [-0.2, 0) is 6.42 Å². The Hall–Kier alpha value is -2.40. The lowest BCUT2D eigenvalue weighted by molar-refractivity contribution is 0.364. The van der Waals surface area contributed by atoms with Crippen LogP contribution in [0.3, 0.4) is 0 Å². The van der Waals surface area contributed by atoms with Crippen molar-refractivity contribution >= 4 is 10.8 Å². The van der Waals surface area contributed by atoms with E-state index >= 15 is 0 Å². The minimum Gasteiger partial charge on any atom is -0.497 e. The number of nitrogens with one attached hydrogen (secondary N) is 1. The van der Waals surface area contributed by atoms with Gasteiger partial charge in [0, 0.05) is 12.5 Å². The highest BCUT2D eigenvalue weighted by molar-refractivity contribution is 5.84. The molecule has 5 nitrogen and oxygen atoms in total. The zero-order chi connectivity index (χ0) is 17.1. The Balaban J connectivity index is 1.84. The molecule has 2 aromatic carbocycles. The van der Waals surface area contributed by atoms with Gasteiger partial charge in [0.05, 0.1) is 13.0 Å². The summed E-state index contributed by atoms with van der Waals surface area (Å²) in [5.74, 6) is 2.32. The largest absolute Gasteiger partial charge is 0.497 e. The van der Waals surface area contributed by atoms with Crippen LogP contribution in [-0.4, -0.2) is 30.3 Å². The van der Waals surface area contributed by atoms with Gasteiger partial charge in [-0.15, -0.1) is 0 Å². The standard InChI is InChI=1S/C19H23N3O2/c1-12(20-3)9-18-21-19(24-22-18)13(2)14-5-6-16-11-17(23-4)8-7-15(16)10-14/h5-8,10-13,20H,9H2,1-4H3. The van der Waals surface area contributed by atoms with Gasteiger partial charge < -0.3 is 14.6 Å². The number of nitrogens with zero attached hydrogens (tertiary/aromatic N) is 2. The molecule has 0 aliphatic carbocycles. The number of hydrogen-bond acceptors (Lipinski definition) is 5. The molecule has 3 aromatic rings. The highest BCUT2D eigenvalue weighted by Gasteiger charge is 2.17. The molecule has 2 unspecified atom stereocenters. The molecule has 3 rings (SSSR count). The van der Waals surface area contributed by atoms with Crippen LogP contribution >= 0.6 is 0 Å². The maximum Gasteiger partial charge on any atom is 0.233 e. The molecule has 1 heterocycles. The first-order valence-corrected chi connectivity index (χ1v) is 8.18. The van der Waals surface area contributed by atoms with Crippen molar-refractivity contribution in [2.75, 3.05) is 14.2 Å². The molecular weight excluding hydrogens is 302 g/mol. The maximum atomic E-state index is 5.47. The Labute approximate surface area is 142 Å². The molecule has 1 aromatic heterocycles. The summed E-state index contributed by atoms with van der Waals surface area (Å²) in [5.41, 5.74) is 1.16. The highest BCUT2D eigenvalue weighted by atomic mass is 16.5. The molecule has 0 radical (unpaired) electrons. The van der Waals surface area contributed by atoms with E-state index < -0.39 is 0 Å². The summed E-state index contributed by atoms with van der Waals surface area (Å²) in [6.45, 7) is 4.18. The second-order valence-electron chi connectivity index (χ2n) is 6.14. The quantitative estimate of drug-likeness (QED) is 0.751. The fourth-order valence-corrected chi connectivity index (χ4v) is 2.68. The van der Waals surface area contributed by atoms with E-state index in [-0.39, 0.29) is 5.92 Å². The van der Waals surface area contributed by atoms with Crippen LogP contribution < -0.4 is 10.1 Å². The summed E-state index contributed by atoms with van der Waals surface area (Å²) in [6.07, 6.45) is 0.754. The summed E-state index contributed by atoms with van der Waals surface area (Å²) in [5, 5.41) is 9.60. The van der Waals surface area contributed by atoms with Crippen LogP contribution in [0, 0.1) is 0 Å². The van der Waals surface area contributed by atoms with Crippen LogP contribution in [0.2, 0.25) is 0 Å². The van der Waals surface area contributed by atoms with Crippen molar-refractivity contribution in [1.82, 2.24) is 15.5 Å². The molecule has 0 saturated heterocycles. The number of ether oxygens (including phenoxy) is 1. The molecule has 5 heteroatoms. The van der Waals surface area contributed by atoms with E-state index in [0.717, 1.165) is 28.9 Å². The van der Waals surface area contributed by atoms with Gasteiger partial charge in [-0.05, 0) is 49.4 Å². The molecule has 0 bridgehead atoms.